The molecule has 0 unspecified atom stereocenters. The zero-order chi connectivity index (χ0) is 22.5. The second-order valence-corrected chi connectivity index (χ2v) is 11.4. The van der Waals surface area contributed by atoms with E-state index in [-0.39, 0.29) is 11.3 Å². The fraction of sp³-hybridized carbons (Fsp3) is 0.478. The Morgan fingerprint density at radius 1 is 1.09 bits per heavy atom. The molecule has 1 aromatic carbocycles. The minimum Gasteiger partial charge on any atom is -0.355 e. The van der Waals surface area contributed by atoms with Gasteiger partial charge in [0.05, 0.1) is 22.5 Å². The van der Waals surface area contributed by atoms with Gasteiger partial charge in [0, 0.05) is 44.3 Å². The van der Waals surface area contributed by atoms with Crippen LogP contribution in [-0.2, 0) is 15.4 Å². The van der Waals surface area contributed by atoms with Crippen molar-refractivity contribution < 1.29 is 13.2 Å². The highest BCUT2D eigenvalue weighted by atomic mass is 35.5. The number of fused-ring (bicyclic) bond motifs is 2. The molecule has 2 fully saturated rings. The van der Waals surface area contributed by atoms with Crippen LogP contribution < -0.4 is 9.21 Å². The number of amides is 1. The SMILES string of the molecule is CS(=O)(=O)N1CC2(CCN(c3ncc(C(=O)N4CCCC4)cc3Cl)CC2)c2ccccc21. The molecule has 0 aliphatic carbocycles. The van der Waals surface area contributed by atoms with Gasteiger partial charge in [-0.3, -0.25) is 9.10 Å². The highest BCUT2D eigenvalue weighted by molar-refractivity contribution is 7.92. The second-order valence-electron chi connectivity index (χ2n) is 9.08. The molecule has 0 N–H and O–H groups in total. The van der Waals surface area contributed by atoms with Gasteiger partial charge in [-0.05, 0) is 43.4 Å². The van der Waals surface area contributed by atoms with Gasteiger partial charge < -0.3 is 9.80 Å². The summed E-state index contributed by atoms with van der Waals surface area (Å²) < 4.78 is 26.3. The number of piperidine rings is 1. The summed E-state index contributed by atoms with van der Waals surface area (Å²) >= 11 is 6.57. The third kappa shape index (κ3) is 3.63. The van der Waals surface area contributed by atoms with Gasteiger partial charge in [0.15, 0.2) is 0 Å². The number of aromatic nitrogens is 1. The van der Waals surface area contributed by atoms with Crippen LogP contribution in [0.15, 0.2) is 36.5 Å². The van der Waals surface area contributed by atoms with Crippen molar-refractivity contribution in [2.45, 2.75) is 31.1 Å². The second kappa shape index (κ2) is 7.92. The fourth-order valence-corrected chi connectivity index (χ4v) is 6.62. The highest BCUT2D eigenvalue weighted by Crippen LogP contribution is 2.48. The van der Waals surface area contributed by atoms with Gasteiger partial charge in [-0.1, -0.05) is 29.8 Å². The van der Waals surface area contributed by atoms with Gasteiger partial charge in [0.2, 0.25) is 10.0 Å². The van der Waals surface area contributed by atoms with Crippen molar-refractivity contribution in [1.29, 1.82) is 0 Å². The number of nitrogens with zero attached hydrogens (tertiary/aromatic N) is 4. The summed E-state index contributed by atoms with van der Waals surface area (Å²) in [6, 6.07) is 9.55. The summed E-state index contributed by atoms with van der Waals surface area (Å²) in [5.74, 6) is 0.676. The number of carbonyl (C=O) groups excluding carboxylic acids is 1. The van der Waals surface area contributed by atoms with Crippen molar-refractivity contribution >= 4 is 39.0 Å². The van der Waals surface area contributed by atoms with Gasteiger partial charge >= 0.3 is 0 Å². The Morgan fingerprint density at radius 2 is 1.78 bits per heavy atom. The minimum absolute atomic E-state index is 0.00974. The molecule has 32 heavy (non-hydrogen) atoms. The van der Waals surface area contributed by atoms with E-state index in [0.29, 0.717) is 22.9 Å². The summed E-state index contributed by atoms with van der Waals surface area (Å²) in [6.45, 7) is 3.50. The summed E-state index contributed by atoms with van der Waals surface area (Å²) in [4.78, 5) is 21.2. The molecule has 0 atom stereocenters. The third-order valence-electron chi connectivity index (χ3n) is 7.07. The number of hydrogen-bond acceptors (Lipinski definition) is 5. The Kier molecular flexibility index (Phi) is 5.33. The maximum absolute atomic E-state index is 12.6. The van der Waals surface area contributed by atoms with Crippen LogP contribution >= 0.6 is 11.6 Å². The van der Waals surface area contributed by atoms with Crippen molar-refractivity contribution in [3.63, 3.8) is 0 Å². The Hall–Kier alpha value is -2.32. The van der Waals surface area contributed by atoms with Crippen molar-refractivity contribution in [2.24, 2.45) is 0 Å². The Morgan fingerprint density at radius 3 is 2.44 bits per heavy atom. The number of anilines is 2. The van der Waals surface area contributed by atoms with Gasteiger partial charge in [0.1, 0.15) is 5.82 Å². The van der Waals surface area contributed by atoms with Gasteiger partial charge in [-0.15, -0.1) is 0 Å². The highest BCUT2D eigenvalue weighted by Gasteiger charge is 2.47. The van der Waals surface area contributed by atoms with Gasteiger partial charge in [-0.2, -0.15) is 0 Å². The van der Waals surface area contributed by atoms with Crippen LogP contribution in [-0.4, -0.2) is 63.2 Å². The molecule has 9 heteroatoms. The van der Waals surface area contributed by atoms with Crippen LogP contribution in [0.3, 0.4) is 0 Å². The quantitative estimate of drug-likeness (QED) is 0.682. The lowest BCUT2D eigenvalue weighted by Crippen LogP contribution is -2.46. The molecule has 7 nitrogen and oxygen atoms in total. The lowest BCUT2D eigenvalue weighted by atomic mass is 9.74. The fourth-order valence-electron chi connectivity index (χ4n) is 5.34. The Balaban J connectivity index is 1.35. The van der Waals surface area contributed by atoms with Crippen LogP contribution in [0.25, 0.3) is 0 Å². The number of rotatable bonds is 3. The molecule has 5 rings (SSSR count). The van der Waals surface area contributed by atoms with E-state index in [4.69, 9.17) is 11.6 Å². The Bertz CT molecular complexity index is 1160. The number of benzene rings is 1. The molecule has 4 heterocycles. The maximum Gasteiger partial charge on any atom is 0.255 e. The predicted octanol–water partition coefficient (Wildman–Crippen LogP) is 3.29. The van der Waals surface area contributed by atoms with Crippen LogP contribution in [0.2, 0.25) is 5.02 Å². The number of likely N-dealkylation sites (tertiary alicyclic amines) is 1. The van der Waals surface area contributed by atoms with E-state index in [1.165, 1.54) is 6.26 Å². The number of pyridine rings is 1. The van der Waals surface area contributed by atoms with Gasteiger partial charge in [0.25, 0.3) is 5.91 Å². The van der Waals surface area contributed by atoms with Crippen LogP contribution in [0, 0.1) is 0 Å². The smallest absolute Gasteiger partial charge is 0.255 e. The molecule has 2 saturated heterocycles. The lowest BCUT2D eigenvalue weighted by molar-refractivity contribution is 0.0792. The van der Waals surface area contributed by atoms with Crippen molar-refractivity contribution in [1.82, 2.24) is 9.88 Å². The van der Waals surface area contributed by atoms with E-state index in [0.717, 1.165) is 63.1 Å². The van der Waals surface area contributed by atoms with Crippen molar-refractivity contribution in [2.75, 3.05) is 48.2 Å². The lowest BCUT2D eigenvalue weighted by Gasteiger charge is -2.40. The Labute approximate surface area is 194 Å². The minimum atomic E-state index is -3.33. The average molecular weight is 475 g/mol. The standard InChI is InChI=1S/C23H27ClN4O3S/c1-32(30,31)28-16-23(18-6-2-3-7-20(18)28)8-12-26(13-9-23)21-19(24)14-17(15-25-21)22(29)27-10-4-5-11-27/h2-3,6-7,14-15H,4-5,8-13,16H2,1H3. The van der Waals surface area contributed by atoms with E-state index in [1.807, 2.05) is 23.1 Å². The van der Waals surface area contributed by atoms with Crippen LogP contribution in [0.5, 0.6) is 0 Å². The molecule has 0 saturated carbocycles. The topological polar surface area (TPSA) is 73.8 Å². The van der Waals surface area contributed by atoms with Crippen molar-refractivity contribution in [3.05, 3.63) is 52.7 Å². The third-order valence-corrected chi connectivity index (χ3v) is 8.48. The van der Waals surface area contributed by atoms with Crippen molar-refractivity contribution in [3.8, 4) is 0 Å². The molecule has 1 spiro atoms. The number of para-hydroxylation sites is 1. The molecule has 3 aliphatic rings. The summed E-state index contributed by atoms with van der Waals surface area (Å²) in [5, 5.41) is 0.482. The first kappa shape index (κ1) is 21.5. The van der Waals surface area contributed by atoms with Crippen LogP contribution in [0.4, 0.5) is 11.5 Å². The number of hydrogen-bond donors (Lipinski definition) is 0. The normalized spacial score (nSPS) is 20.1. The maximum atomic E-state index is 12.6. The van der Waals surface area contributed by atoms with Crippen LogP contribution in [0.1, 0.15) is 41.6 Å². The first-order valence-corrected chi connectivity index (χ1v) is 13.3. The van der Waals surface area contributed by atoms with E-state index in [9.17, 15) is 13.2 Å². The molecular weight excluding hydrogens is 448 g/mol. The van der Waals surface area contributed by atoms with E-state index in [1.54, 1.807) is 16.6 Å². The monoisotopic (exact) mass is 474 g/mol. The number of halogens is 1. The van der Waals surface area contributed by atoms with Gasteiger partial charge in [-0.25, -0.2) is 13.4 Å². The van der Waals surface area contributed by atoms with E-state index >= 15 is 0 Å². The zero-order valence-electron chi connectivity index (χ0n) is 18.1. The average Bonchev–Trinajstić information content (AvgIpc) is 3.42. The molecule has 0 radical (unpaired) electrons. The first-order valence-electron chi connectivity index (χ1n) is 11.1. The molecule has 0 bridgehead atoms. The van der Waals surface area contributed by atoms with E-state index < -0.39 is 10.0 Å². The predicted molar refractivity (Wildman–Crippen MR) is 126 cm³/mol. The number of carbonyl (C=O) groups is 1. The molecule has 2 aromatic rings. The molecule has 170 valence electrons. The summed E-state index contributed by atoms with van der Waals surface area (Å²) in [5.41, 5.74) is 2.23. The molecule has 3 aliphatic heterocycles. The molecule has 1 amide bonds. The summed E-state index contributed by atoms with van der Waals surface area (Å²) in [6.07, 6.45) is 6.60. The molecular formula is C23H27ClN4O3S. The first-order chi connectivity index (χ1) is 15.3. The zero-order valence-corrected chi connectivity index (χ0v) is 19.7. The molecule has 1 aromatic heterocycles. The largest absolute Gasteiger partial charge is 0.355 e. The summed E-state index contributed by atoms with van der Waals surface area (Å²) in [7, 11) is -3.33. The number of sulfonamides is 1. The van der Waals surface area contributed by atoms with E-state index in [2.05, 4.69) is 16.0 Å².